The van der Waals surface area contributed by atoms with Gasteiger partial charge in [0.1, 0.15) is 5.75 Å². The van der Waals surface area contributed by atoms with E-state index >= 15 is 0 Å². The molecule has 1 aromatic heterocycles. The SMILES string of the molecule is COc1ccc(-c2cc(N3CCC(C)CC3)no2)cc1. The first-order valence-corrected chi connectivity index (χ1v) is 7.12. The van der Waals surface area contributed by atoms with Gasteiger partial charge in [-0.05, 0) is 43.0 Å². The lowest BCUT2D eigenvalue weighted by Gasteiger charge is -2.29. The lowest BCUT2D eigenvalue weighted by Crippen LogP contribution is -2.32. The van der Waals surface area contributed by atoms with E-state index in [9.17, 15) is 0 Å². The predicted molar refractivity (Wildman–Crippen MR) is 79.1 cm³/mol. The third kappa shape index (κ3) is 2.64. The van der Waals surface area contributed by atoms with Crippen LogP contribution in [0, 0.1) is 5.92 Å². The summed E-state index contributed by atoms with van der Waals surface area (Å²) in [6.45, 7) is 4.44. The zero-order chi connectivity index (χ0) is 13.9. The van der Waals surface area contributed by atoms with Crippen LogP contribution in [0.3, 0.4) is 0 Å². The number of benzene rings is 1. The van der Waals surface area contributed by atoms with Crippen molar-refractivity contribution in [1.29, 1.82) is 0 Å². The smallest absolute Gasteiger partial charge is 0.172 e. The molecule has 0 N–H and O–H groups in total. The molecule has 0 saturated carbocycles. The molecule has 1 aliphatic rings. The molecule has 0 bridgehead atoms. The van der Waals surface area contributed by atoms with Crippen LogP contribution in [0.15, 0.2) is 34.9 Å². The number of anilines is 1. The Labute approximate surface area is 119 Å². The van der Waals surface area contributed by atoms with Crippen molar-refractivity contribution in [2.75, 3.05) is 25.1 Å². The molecule has 2 heterocycles. The van der Waals surface area contributed by atoms with E-state index in [0.717, 1.165) is 41.9 Å². The Hall–Kier alpha value is -1.97. The van der Waals surface area contributed by atoms with E-state index in [-0.39, 0.29) is 0 Å². The van der Waals surface area contributed by atoms with Crippen LogP contribution >= 0.6 is 0 Å². The van der Waals surface area contributed by atoms with Crippen molar-refractivity contribution in [3.63, 3.8) is 0 Å². The average Bonchev–Trinajstić information content (AvgIpc) is 2.98. The second-order valence-corrected chi connectivity index (χ2v) is 5.45. The summed E-state index contributed by atoms with van der Waals surface area (Å²) in [4.78, 5) is 2.30. The van der Waals surface area contributed by atoms with Gasteiger partial charge < -0.3 is 14.2 Å². The average molecular weight is 272 g/mol. The summed E-state index contributed by atoms with van der Waals surface area (Å²) < 4.78 is 10.6. The molecular weight excluding hydrogens is 252 g/mol. The molecule has 20 heavy (non-hydrogen) atoms. The molecule has 1 fully saturated rings. The molecule has 0 spiro atoms. The second kappa shape index (κ2) is 5.57. The number of nitrogens with zero attached hydrogens (tertiary/aromatic N) is 2. The van der Waals surface area contributed by atoms with Crippen LogP contribution in [0.5, 0.6) is 5.75 Å². The zero-order valence-corrected chi connectivity index (χ0v) is 12.0. The Morgan fingerprint density at radius 1 is 1.20 bits per heavy atom. The van der Waals surface area contributed by atoms with Crippen molar-refractivity contribution in [3.8, 4) is 17.1 Å². The second-order valence-electron chi connectivity index (χ2n) is 5.45. The maximum absolute atomic E-state index is 5.47. The molecule has 0 atom stereocenters. The lowest BCUT2D eigenvalue weighted by atomic mass is 9.99. The van der Waals surface area contributed by atoms with Gasteiger partial charge in [-0.2, -0.15) is 0 Å². The van der Waals surface area contributed by atoms with Crippen LogP contribution in [0.1, 0.15) is 19.8 Å². The summed E-state index contributed by atoms with van der Waals surface area (Å²) in [5.74, 6) is 3.42. The summed E-state index contributed by atoms with van der Waals surface area (Å²) in [7, 11) is 1.67. The highest BCUT2D eigenvalue weighted by Crippen LogP contribution is 2.28. The maximum Gasteiger partial charge on any atom is 0.172 e. The fraction of sp³-hybridized carbons (Fsp3) is 0.438. The van der Waals surface area contributed by atoms with Crippen LogP contribution in [-0.4, -0.2) is 25.4 Å². The van der Waals surface area contributed by atoms with Crippen LogP contribution in [0.4, 0.5) is 5.82 Å². The molecule has 1 saturated heterocycles. The Bertz CT molecular complexity index is 554. The molecule has 4 nitrogen and oxygen atoms in total. The van der Waals surface area contributed by atoms with E-state index in [1.807, 2.05) is 30.3 Å². The van der Waals surface area contributed by atoms with Crippen LogP contribution < -0.4 is 9.64 Å². The normalized spacial score (nSPS) is 16.4. The van der Waals surface area contributed by atoms with Gasteiger partial charge in [0.05, 0.1) is 7.11 Å². The number of piperidine rings is 1. The molecule has 0 amide bonds. The largest absolute Gasteiger partial charge is 0.497 e. The summed E-state index contributed by atoms with van der Waals surface area (Å²) in [6, 6.07) is 9.86. The van der Waals surface area contributed by atoms with Crippen molar-refractivity contribution in [3.05, 3.63) is 30.3 Å². The number of aromatic nitrogens is 1. The topological polar surface area (TPSA) is 38.5 Å². The van der Waals surface area contributed by atoms with Gasteiger partial charge >= 0.3 is 0 Å². The Morgan fingerprint density at radius 3 is 2.55 bits per heavy atom. The van der Waals surface area contributed by atoms with E-state index in [1.165, 1.54) is 12.8 Å². The van der Waals surface area contributed by atoms with Gasteiger partial charge in [-0.15, -0.1) is 0 Å². The van der Waals surface area contributed by atoms with Crippen LogP contribution in [0.25, 0.3) is 11.3 Å². The first-order valence-electron chi connectivity index (χ1n) is 7.12. The van der Waals surface area contributed by atoms with Crippen molar-refractivity contribution in [2.24, 2.45) is 5.92 Å². The highest BCUT2D eigenvalue weighted by molar-refractivity contribution is 5.62. The minimum atomic E-state index is 0.807. The van der Waals surface area contributed by atoms with E-state index < -0.39 is 0 Å². The summed E-state index contributed by atoms with van der Waals surface area (Å²) >= 11 is 0. The van der Waals surface area contributed by atoms with Gasteiger partial charge in [-0.1, -0.05) is 12.1 Å². The Kier molecular flexibility index (Phi) is 3.63. The highest BCUT2D eigenvalue weighted by atomic mass is 16.5. The summed E-state index contributed by atoms with van der Waals surface area (Å²) in [5, 5.41) is 4.20. The van der Waals surface area contributed by atoms with Gasteiger partial charge in [0, 0.05) is 24.7 Å². The third-order valence-electron chi connectivity index (χ3n) is 3.98. The first-order chi connectivity index (χ1) is 9.76. The summed E-state index contributed by atoms with van der Waals surface area (Å²) in [5.41, 5.74) is 1.02. The van der Waals surface area contributed by atoms with Gasteiger partial charge in [-0.25, -0.2) is 0 Å². The minimum absolute atomic E-state index is 0.807. The van der Waals surface area contributed by atoms with Crippen molar-refractivity contribution in [2.45, 2.75) is 19.8 Å². The van der Waals surface area contributed by atoms with Crippen molar-refractivity contribution < 1.29 is 9.26 Å². The van der Waals surface area contributed by atoms with Gasteiger partial charge in [0.15, 0.2) is 11.6 Å². The maximum atomic E-state index is 5.47. The van der Waals surface area contributed by atoms with E-state index in [2.05, 4.69) is 17.0 Å². The first kappa shape index (κ1) is 13.0. The molecule has 4 heteroatoms. The molecule has 2 aromatic rings. The zero-order valence-electron chi connectivity index (χ0n) is 12.0. The molecule has 0 unspecified atom stereocenters. The quantitative estimate of drug-likeness (QED) is 0.856. The molecule has 106 valence electrons. The number of ether oxygens (including phenoxy) is 1. The number of hydrogen-bond acceptors (Lipinski definition) is 4. The van der Waals surface area contributed by atoms with Crippen molar-refractivity contribution in [1.82, 2.24) is 5.16 Å². The Morgan fingerprint density at radius 2 is 1.90 bits per heavy atom. The lowest BCUT2D eigenvalue weighted by molar-refractivity contribution is 0.409. The van der Waals surface area contributed by atoms with Crippen LogP contribution in [-0.2, 0) is 0 Å². The van der Waals surface area contributed by atoms with Crippen molar-refractivity contribution >= 4 is 5.82 Å². The van der Waals surface area contributed by atoms with Gasteiger partial charge in [-0.3, -0.25) is 0 Å². The monoisotopic (exact) mass is 272 g/mol. The van der Waals surface area contributed by atoms with E-state index in [0.29, 0.717) is 0 Å². The van der Waals surface area contributed by atoms with E-state index in [4.69, 9.17) is 9.26 Å². The fourth-order valence-electron chi connectivity index (χ4n) is 2.54. The standard InChI is InChI=1S/C16H20N2O2/c1-12-7-9-18(10-8-12)16-11-15(20-17-16)13-3-5-14(19-2)6-4-13/h3-6,11-12H,7-10H2,1-2H3. The van der Waals surface area contributed by atoms with Gasteiger partial charge in [0.2, 0.25) is 0 Å². The van der Waals surface area contributed by atoms with E-state index in [1.54, 1.807) is 7.11 Å². The molecule has 1 aliphatic heterocycles. The van der Waals surface area contributed by atoms with Gasteiger partial charge in [0.25, 0.3) is 0 Å². The predicted octanol–water partition coefficient (Wildman–Crippen LogP) is 3.59. The molecule has 3 rings (SSSR count). The molecule has 1 aromatic carbocycles. The fourth-order valence-corrected chi connectivity index (χ4v) is 2.54. The number of rotatable bonds is 3. The molecule has 0 aliphatic carbocycles. The third-order valence-corrected chi connectivity index (χ3v) is 3.98. The number of hydrogen-bond donors (Lipinski definition) is 0. The molecular formula is C16H20N2O2. The summed E-state index contributed by atoms with van der Waals surface area (Å²) in [6.07, 6.45) is 2.45. The molecule has 0 radical (unpaired) electrons. The highest BCUT2D eigenvalue weighted by Gasteiger charge is 2.19. The minimum Gasteiger partial charge on any atom is -0.497 e. The Balaban J connectivity index is 1.75. The van der Waals surface area contributed by atoms with Crippen LogP contribution in [0.2, 0.25) is 0 Å². The number of methoxy groups -OCH3 is 1.